The van der Waals surface area contributed by atoms with Gasteiger partial charge in [-0.3, -0.25) is 9.59 Å². The average molecular weight is 451 g/mol. The zero-order valence-corrected chi connectivity index (χ0v) is 19.2. The van der Waals surface area contributed by atoms with Gasteiger partial charge in [-0.15, -0.1) is 16.8 Å². The van der Waals surface area contributed by atoms with E-state index in [0.29, 0.717) is 34.4 Å². The summed E-state index contributed by atoms with van der Waals surface area (Å²) >= 11 is 1.30. The van der Waals surface area contributed by atoms with E-state index in [-0.39, 0.29) is 23.5 Å². The molecule has 0 unspecified atom stereocenters. The van der Waals surface area contributed by atoms with Crippen LogP contribution in [0.25, 0.3) is 0 Å². The number of methoxy groups -OCH3 is 1. The predicted octanol–water partition coefficient (Wildman–Crippen LogP) is 4.25. The molecule has 3 aromatic rings. The Morgan fingerprint density at radius 3 is 2.56 bits per heavy atom. The van der Waals surface area contributed by atoms with E-state index >= 15 is 0 Å². The number of hydrogen-bond acceptors (Lipinski definition) is 6. The van der Waals surface area contributed by atoms with Crippen LogP contribution in [-0.2, 0) is 6.54 Å². The van der Waals surface area contributed by atoms with Gasteiger partial charge in [0.15, 0.2) is 16.8 Å². The molecule has 166 valence electrons. The molecule has 7 nitrogen and oxygen atoms in total. The quantitative estimate of drug-likeness (QED) is 0.282. The number of allylic oxidation sites excluding steroid dienone is 1. The molecule has 0 spiro atoms. The maximum Gasteiger partial charge on any atom is 0.252 e. The van der Waals surface area contributed by atoms with Gasteiger partial charge in [-0.1, -0.05) is 36.0 Å². The van der Waals surface area contributed by atoms with E-state index in [0.717, 1.165) is 5.56 Å². The molecule has 1 N–H and O–H groups in total. The number of hydrogen-bond donors (Lipinski definition) is 1. The lowest BCUT2D eigenvalue weighted by molar-refractivity contribution is 0.0936. The minimum Gasteiger partial charge on any atom is -0.497 e. The standard InChI is InChI=1S/C24H26N4O3S/c1-5-14-28-22(17(3)25-23(30)20-9-7-6-8-16(20)2)26-27-24(28)32-15-21(29)18-10-12-19(31-4)13-11-18/h5-13,17H,1,14-15H2,2-4H3,(H,25,30)/t17-/m1/s1. The van der Waals surface area contributed by atoms with E-state index in [2.05, 4.69) is 22.1 Å². The van der Waals surface area contributed by atoms with Crippen molar-refractivity contribution < 1.29 is 14.3 Å². The van der Waals surface area contributed by atoms with Gasteiger partial charge in [0.25, 0.3) is 5.91 Å². The Labute approximate surface area is 191 Å². The first kappa shape index (κ1) is 23.3. The topological polar surface area (TPSA) is 86.1 Å². The molecule has 0 saturated heterocycles. The Morgan fingerprint density at radius 2 is 1.91 bits per heavy atom. The highest BCUT2D eigenvalue weighted by atomic mass is 32.2. The number of nitrogens with one attached hydrogen (secondary N) is 1. The molecule has 1 heterocycles. The van der Waals surface area contributed by atoms with Gasteiger partial charge in [-0.25, -0.2) is 0 Å². The van der Waals surface area contributed by atoms with Gasteiger partial charge in [-0.2, -0.15) is 0 Å². The van der Waals surface area contributed by atoms with E-state index in [9.17, 15) is 9.59 Å². The van der Waals surface area contributed by atoms with E-state index < -0.39 is 0 Å². The number of ether oxygens (including phenoxy) is 1. The first-order chi connectivity index (χ1) is 15.4. The molecule has 0 aliphatic heterocycles. The van der Waals surface area contributed by atoms with Crippen molar-refractivity contribution in [3.8, 4) is 5.75 Å². The normalized spacial score (nSPS) is 11.6. The monoisotopic (exact) mass is 450 g/mol. The Bertz CT molecular complexity index is 1110. The maximum absolute atomic E-state index is 12.7. The molecule has 3 rings (SSSR count). The predicted molar refractivity (Wildman–Crippen MR) is 125 cm³/mol. The molecule has 2 aromatic carbocycles. The number of benzene rings is 2. The van der Waals surface area contributed by atoms with E-state index in [4.69, 9.17) is 4.74 Å². The number of carbonyl (C=O) groups is 2. The van der Waals surface area contributed by atoms with Crippen LogP contribution < -0.4 is 10.1 Å². The average Bonchev–Trinajstić information content (AvgIpc) is 3.20. The van der Waals surface area contributed by atoms with Gasteiger partial charge in [0, 0.05) is 17.7 Å². The number of aromatic nitrogens is 3. The second kappa shape index (κ2) is 10.8. The van der Waals surface area contributed by atoms with Crippen LogP contribution in [0.5, 0.6) is 5.75 Å². The zero-order valence-electron chi connectivity index (χ0n) is 18.4. The fourth-order valence-electron chi connectivity index (χ4n) is 3.18. The molecule has 1 atom stereocenters. The SMILES string of the molecule is C=CCn1c(SCC(=O)c2ccc(OC)cc2)nnc1[C@@H](C)NC(=O)c1ccccc1C. The third-order valence-electron chi connectivity index (χ3n) is 4.93. The van der Waals surface area contributed by atoms with Gasteiger partial charge >= 0.3 is 0 Å². The molecular formula is C24H26N4O3S. The summed E-state index contributed by atoms with van der Waals surface area (Å²) in [4.78, 5) is 25.3. The number of ketones is 1. The van der Waals surface area contributed by atoms with Crippen molar-refractivity contribution in [1.29, 1.82) is 0 Å². The first-order valence-corrected chi connectivity index (χ1v) is 11.1. The molecule has 0 radical (unpaired) electrons. The molecule has 0 aliphatic carbocycles. The Kier molecular flexibility index (Phi) is 7.83. The Balaban J connectivity index is 1.71. The maximum atomic E-state index is 12.7. The van der Waals surface area contributed by atoms with Gasteiger partial charge in [0.05, 0.1) is 18.9 Å². The summed E-state index contributed by atoms with van der Waals surface area (Å²) < 4.78 is 6.99. The minimum absolute atomic E-state index is 0.0201. The zero-order chi connectivity index (χ0) is 23.1. The second-order valence-corrected chi connectivity index (χ2v) is 8.13. The number of nitrogens with zero attached hydrogens (tertiary/aromatic N) is 3. The molecule has 32 heavy (non-hydrogen) atoms. The fourth-order valence-corrected chi connectivity index (χ4v) is 4.03. The van der Waals surface area contributed by atoms with Crippen molar-refractivity contribution in [2.24, 2.45) is 0 Å². The summed E-state index contributed by atoms with van der Waals surface area (Å²) in [6.07, 6.45) is 1.73. The van der Waals surface area contributed by atoms with E-state index in [1.54, 1.807) is 43.5 Å². The molecule has 0 bridgehead atoms. The number of rotatable bonds is 10. The van der Waals surface area contributed by atoms with E-state index in [1.807, 2.05) is 36.6 Å². The number of amides is 1. The molecular weight excluding hydrogens is 424 g/mol. The van der Waals surface area contributed by atoms with Crippen LogP contribution in [0.4, 0.5) is 0 Å². The van der Waals surface area contributed by atoms with Gasteiger partial charge in [0.1, 0.15) is 5.75 Å². The third kappa shape index (κ3) is 5.45. The third-order valence-corrected chi connectivity index (χ3v) is 5.89. The largest absolute Gasteiger partial charge is 0.497 e. The van der Waals surface area contributed by atoms with Crippen LogP contribution in [0.2, 0.25) is 0 Å². The number of Topliss-reactive ketones (excluding diaryl/α,β-unsaturated/α-hetero) is 1. The van der Waals surface area contributed by atoms with Crippen LogP contribution >= 0.6 is 11.8 Å². The molecule has 1 amide bonds. The summed E-state index contributed by atoms with van der Waals surface area (Å²) in [6.45, 7) is 8.02. The van der Waals surface area contributed by atoms with Crippen molar-refractivity contribution in [3.63, 3.8) is 0 Å². The van der Waals surface area contributed by atoms with Crippen molar-refractivity contribution >= 4 is 23.5 Å². The summed E-state index contributed by atoms with van der Waals surface area (Å²) in [5.41, 5.74) is 2.12. The molecule has 0 saturated carbocycles. The smallest absolute Gasteiger partial charge is 0.252 e. The Hall–Kier alpha value is -3.39. The summed E-state index contributed by atoms with van der Waals surface area (Å²) in [5.74, 6) is 1.32. The van der Waals surface area contributed by atoms with Crippen molar-refractivity contribution in [3.05, 3.63) is 83.7 Å². The highest BCUT2D eigenvalue weighted by molar-refractivity contribution is 7.99. The summed E-state index contributed by atoms with van der Waals surface area (Å²) in [5, 5.41) is 12.1. The van der Waals surface area contributed by atoms with Crippen LogP contribution in [0, 0.1) is 6.92 Å². The molecule has 8 heteroatoms. The van der Waals surface area contributed by atoms with Crippen LogP contribution in [0.1, 0.15) is 45.1 Å². The number of aryl methyl sites for hydroxylation is 1. The van der Waals surface area contributed by atoms with E-state index in [1.165, 1.54) is 11.8 Å². The number of thioether (sulfide) groups is 1. The molecule has 0 aliphatic rings. The minimum atomic E-state index is -0.374. The highest BCUT2D eigenvalue weighted by Gasteiger charge is 2.21. The van der Waals surface area contributed by atoms with Crippen molar-refractivity contribution in [2.45, 2.75) is 31.6 Å². The fraction of sp³-hybridized carbons (Fsp3) is 0.250. The Morgan fingerprint density at radius 1 is 1.19 bits per heavy atom. The summed E-state index contributed by atoms with van der Waals surface area (Å²) in [7, 11) is 1.58. The molecule has 0 fully saturated rings. The van der Waals surface area contributed by atoms with Gasteiger partial charge < -0.3 is 14.6 Å². The van der Waals surface area contributed by atoms with Crippen molar-refractivity contribution in [1.82, 2.24) is 20.1 Å². The van der Waals surface area contributed by atoms with Crippen LogP contribution in [-0.4, -0.2) is 39.3 Å². The van der Waals surface area contributed by atoms with Gasteiger partial charge in [-0.05, 0) is 49.7 Å². The molecule has 1 aromatic heterocycles. The van der Waals surface area contributed by atoms with Gasteiger partial charge in [0.2, 0.25) is 0 Å². The first-order valence-electron chi connectivity index (χ1n) is 10.1. The second-order valence-electron chi connectivity index (χ2n) is 7.19. The lowest BCUT2D eigenvalue weighted by Gasteiger charge is -2.16. The van der Waals surface area contributed by atoms with Crippen LogP contribution in [0.3, 0.4) is 0 Å². The highest BCUT2D eigenvalue weighted by Crippen LogP contribution is 2.23. The summed E-state index contributed by atoms with van der Waals surface area (Å²) in [6, 6.07) is 14.0. The van der Waals surface area contributed by atoms with Crippen LogP contribution in [0.15, 0.2) is 66.3 Å². The lowest BCUT2D eigenvalue weighted by atomic mass is 10.1. The lowest BCUT2D eigenvalue weighted by Crippen LogP contribution is -2.29. The van der Waals surface area contributed by atoms with Crippen molar-refractivity contribution in [2.75, 3.05) is 12.9 Å². The number of carbonyl (C=O) groups excluding carboxylic acids is 2.